The lowest BCUT2D eigenvalue weighted by molar-refractivity contribution is -0.136. The van der Waals surface area contributed by atoms with Crippen molar-refractivity contribution >= 4 is 5.97 Å². The van der Waals surface area contributed by atoms with Gasteiger partial charge in [0.2, 0.25) is 0 Å². The van der Waals surface area contributed by atoms with Gasteiger partial charge in [0.1, 0.15) is 0 Å². The van der Waals surface area contributed by atoms with E-state index in [9.17, 15) is 4.79 Å². The van der Waals surface area contributed by atoms with Gasteiger partial charge < -0.3 is 15.2 Å². The van der Waals surface area contributed by atoms with Gasteiger partial charge in [-0.15, -0.1) is 0 Å². The molecular weight excluding hydrogens is 254 g/mol. The Balaban J connectivity index is 1.84. The minimum Gasteiger partial charge on any atom is -0.481 e. The van der Waals surface area contributed by atoms with E-state index in [1.54, 1.807) is 7.11 Å². The van der Waals surface area contributed by atoms with Crippen LogP contribution in [0.1, 0.15) is 31.4 Å². The van der Waals surface area contributed by atoms with Gasteiger partial charge in [-0.25, -0.2) is 0 Å². The molecule has 2 atom stereocenters. The zero-order chi connectivity index (χ0) is 14.8. The van der Waals surface area contributed by atoms with E-state index >= 15 is 0 Å². The summed E-state index contributed by atoms with van der Waals surface area (Å²) in [7, 11) is 1.77. The fourth-order valence-electron chi connectivity index (χ4n) is 2.82. The van der Waals surface area contributed by atoms with Gasteiger partial charge in [-0.2, -0.15) is 0 Å². The summed E-state index contributed by atoms with van der Waals surface area (Å²) in [6.07, 6.45) is 1.46. The minimum absolute atomic E-state index is 0.0822. The Hall–Kier alpha value is -1.39. The maximum atomic E-state index is 10.6. The number of carboxylic acid groups (broad SMARTS) is 1. The average molecular weight is 277 g/mol. The quantitative estimate of drug-likeness (QED) is 0.837. The lowest BCUT2D eigenvalue weighted by Crippen LogP contribution is -2.60. The largest absolute Gasteiger partial charge is 0.481 e. The highest BCUT2D eigenvalue weighted by Crippen LogP contribution is 2.42. The standard InChI is InChI=1S/C16H23NO3/c1-16(2)13(9-14(16)20-3)17-10-12-6-4-11(5-7-12)8-15(18)19/h4-7,13-14,17H,8-10H2,1-3H3,(H,18,19). The number of carbonyl (C=O) groups is 1. The van der Waals surface area contributed by atoms with Crippen LogP contribution in [0.2, 0.25) is 0 Å². The van der Waals surface area contributed by atoms with Crippen LogP contribution in [0.4, 0.5) is 0 Å². The molecule has 1 aliphatic carbocycles. The van der Waals surface area contributed by atoms with Gasteiger partial charge in [0, 0.05) is 25.1 Å². The molecule has 4 nitrogen and oxygen atoms in total. The second-order valence-corrected chi connectivity index (χ2v) is 6.10. The van der Waals surface area contributed by atoms with Crippen LogP contribution < -0.4 is 5.32 Å². The Bertz CT molecular complexity index is 467. The smallest absolute Gasteiger partial charge is 0.307 e. The highest BCUT2D eigenvalue weighted by Gasteiger charge is 2.48. The first-order valence-electron chi connectivity index (χ1n) is 6.99. The lowest BCUT2D eigenvalue weighted by atomic mass is 9.64. The SMILES string of the molecule is COC1CC(NCc2ccc(CC(=O)O)cc2)C1(C)C. The molecule has 0 amide bonds. The van der Waals surface area contributed by atoms with E-state index in [0.29, 0.717) is 12.1 Å². The van der Waals surface area contributed by atoms with Crippen LogP contribution in [0.25, 0.3) is 0 Å². The Morgan fingerprint density at radius 3 is 2.45 bits per heavy atom. The van der Waals surface area contributed by atoms with Crippen molar-refractivity contribution < 1.29 is 14.6 Å². The maximum Gasteiger partial charge on any atom is 0.307 e. The third kappa shape index (κ3) is 3.19. The van der Waals surface area contributed by atoms with E-state index in [2.05, 4.69) is 19.2 Å². The van der Waals surface area contributed by atoms with E-state index in [-0.39, 0.29) is 11.8 Å². The second kappa shape index (κ2) is 5.94. The van der Waals surface area contributed by atoms with Crippen molar-refractivity contribution in [3.8, 4) is 0 Å². The Morgan fingerprint density at radius 1 is 1.35 bits per heavy atom. The van der Waals surface area contributed by atoms with Crippen molar-refractivity contribution in [2.24, 2.45) is 5.41 Å². The molecule has 2 unspecified atom stereocenters. The van der Waals surface area contributed by atoms with E-state index in [4.69, 9.17) is 9.84 Å². The molecule has 0 heterocycles. The third-order valence-electron chi connectivity index (χ3n) is 4.39. The summed E-state index contributed by atoms with van der Waals surface area (Å²) in [5, 5.41) is 12.3. The summed E-state index contributed by atoms with van der Waals surface area (Å²) in [6.45, 7) is 5.24. The van der Waals surface area contributed by atoms with Crippen LogP contribution in [-0.2, 0) is 22.5 Å². The summed E-state index contributed by atoms with van der Waals surface area (Å²) >= 11 is 0. The minimum atomic E-state index is -0.794. The monoisotopic (exact) mass is 277 g/mol. The molecule has 1 fully saturated rings. The summed E-state index contributed by atoms with van der Waals surface area (Å²) in [5.74, 6) is -0.794. The first kappa shape index (κ1) is 15.0. The molecular formula is C16H23NO3. The van der Waals surface area contributed by atoms with Crippen LogP contribution in [0, 0.1) is 5.41 Å². The van der Waals surface area contributed by atoms with Crippen LogP contribution >= 0.6 is 0 Å². The Labute approximate surface area is 120 Å². The van der Waals surface area contributed by atoms with Gasteiger partial charge in [0.25, 0.3) is 0 Å². The molecule has 20 heavy (non-hydrogen) atoms. The normalized spacial score (nSPS) is 24.1. The third-order valence-corrected chi connectivity index (χ3v) is 4.39. The number of hydrogen-bond donors (Lipinski definition) is 2. The Kier molecular flexibility index (Phi) is 4.45. The van der Waals surface area contributed by atoms with Crippen LogP contribution in [0.5, 0.6) is 0 Å². The van der Waals surface area contributed by atoms with Crippen molar-refractivity contribution in [1.82, 2.24) is 5.32 Å². The summed E-state index contributed by atoms with van der Waals surface area (Å²) in [6, 6.07) is 8.21. The van der Waals surface area contributed by atoms with Crippen molar-refractivity contribution in [3.05, 3.63) is 35.4 Å². The molecule has 1 aliphatic rings. The highest BCUT2D eigenvalue weighted by molar-refractivity contribution is 5.70. The average Bonchev–Trinajstić information content (AvgIpc) is 2.39. The molecule has 2 rings (SSSR count). The van der Waals surface area contributed by atoms with E-state index in [1.807, 2.05) is 24.3 Å². The maximum absolute atomic E-state index is 10.6. The van der Waals surface area contributed by atoms with Crippen LogP contribution in [0.15, 0.2) is 24.3 Å². The molecule has 1 saturated carbocycles. The van der Waals surface area contributed by atoms with E-state index in [1.165, 1.54) is 5.56 Å². The number of aliphatic carboxylic acids is 1. The lowest BCUT2D eigenvalue weighted by Gasteiger charge is -2.51. The predicted octanol–water partition coefficient (Wildman–Crippen LogP) is 2.22. The topological polar surface area (TPSA) is 58.6 Å². The number of benzene rings is 1. The highest BCUT2D eigenvalue weighted by atomic mass is 16.5. The zero-order valence-electron chi connectivity index (χ0n) is 12.3. The first-order chi connectivity index (χ1) is 9.43. The number of ether oxygens (including phenoxy) is 1. The van der Waals surface area contributed by atoms with E-state index < -0.39 is 5.97 Å². The van der Waals surface area contributed by atoms with Crippen LogP contribution in [-0.4, -0.2) is 30.3 Å². The number of rotatable bonds is 6. The molecule has 0 radical (unpaired) electrons. The van der Waals surface area contributed by atoms with E-state index in [0.717, 1.165) is 18.5 Å². The van der Waals surface area contributed by atoms with Gasteiger partial charge in [0.05, 0.1) is 12.5 Å². The number of hydrogen-bond acceptors (Lipinski definition) is 3. The molecule has 2 N–H and O–H groups in total. The molecule has 110 valence electrons. The number of carboxylic acids is 1. The van der Waals surface area contributed by atoms with Crippen molar-refractivity contribution in [3.63, 3.8) is 0 Å². The Morgan fingerprint density at radius 2 is 1.95 bits per heavy atom. The van der Waals surface area contributed by atoms with Gasteiger partial charge in [-0.3, -0.25) is 4.79 Å². The zero-order valence-corrected chi connectivity index (χ0v) is 12.3. The van der Waals surface area contributed by atoms with Crippen molar-refractivity contribution in [2.75, 3.05) is 7.11 Å². The van der Waals surface area contributed by atoms with Crippen LogP contribution in [0.3, 0.4) is 0 Å². The molecule has 1 aromatic rings. The second-order valence-electron chi connectivity index (χ2n) is 6.10. The fourth-order valence-corrected chi connectivity index (χ4v) is 2.82. The summed E-state index contributed by atoms with van der Waals surface area (Å²) < 4.78 is 5.44. The van der Waals surface area contributed by atoms with Gasteiger partial charge in [-0.05, 0) is 17.5 Å². The number of nitrogens with one attached hydrogen (secondary N) is 1. The molecule has 0 saturated heterocycles. The number of methoxy groups -OCH3 is 1. The molecule has 0 aliphatic heterocycles. The van der Waals surface area contributed by atoms with Gasteiger partial charge in [0.15, 0.2) is 0 Å². The molecule has 0 bridgehead atoms. The molecule has 0 spiro atoms. The molecule has 4 heteroatoms. The summed E-state index contributed by atoms with van der Waals surface area (Å²) in [5.41, 5.74) is 2.18. The van der Waals surface area contributed by atoms with Gasteiger partial charge in [-0.1, -0.05) is 38.1 Å². The predicted molar refractivity (Wildman–Crippen MR) is 77.6 cm³/mol. The first-order valence-corrected chi connectivity index (χ1v) is 6.99. The fraction of sp³-hybridized carbons (Fsp3) is 0.562. The van der Waals surface area contributed by atoms with Crippen molar-refractivity contribution in [1.29, 1.82) is 0 Å². The van der Waals surface area contributed by atoms with Gasteiger partial charge >= 0.3 is 5.97 Å². The summed E-state index contributed by atoms with van der Waals surface area (Å²) in [4.78, 5) is 10.6. The molecule has 0 aromatic heterocycles. The van der Waals surface area contributed by atoms with Crippen molar-refractivity contribution in [2.45, 2.75) is 45.4 Å². The molecule has 1 aromatic carbocycles.